The number of hydrogen-bond acceptors (Lipinski definition) is 3. The molecule has 0 bridgehead atoms. The highest BCUT2D eigenvalue weighted by atomic mass is 16.1. The SMILES string of the molecule is CNC(c1ccc2nc[nH]c2c1)C1CCC(=O)CC1. The van der Waals surface area contributed by atoms with Crippen LogP contribution in [0.25, 0.3) is 11.0 Å². The normalized spacial score (nSPS) is 18.9. The maximum Gasteiger partial charge on any atom is 0.132 e. The molecule has 1 aromatic heterocycles. The summed E-state index contributed by atoms with van der Waals surface area (Å²) in [5.41, 5.74) is 3.35. The van der Waals surface area contributed by atoms with E-state index in [0.29, 0.717) is 17.7 Å². The summed E-state index contributed by atoms with van der Waals surface area (Å²) in [6.45, 7) is 0. The van der Waals surface area contributed by atoms with Crippen molar-refractivity contribution in [3.63, 3.8) is 0 Å². The molecule has 1 aliphatic rings. The van der Waals surface area contributed by atoms with Crippen LogP contribution in [0, 0.1) is 5.92 Å². The number of aromatic amines is 1. The summed E-state index contributed by atoms with van der Waals surface area (Å²) in [4.78, 5) is 18.8. The molecule has 4 heteroatoms. The number of ketones is 1. The van der Waals surface area contributed by atoms with Crippen molar-refractivity contribution in [3.05, 3.63) is 30.1 Å². The number of fused-ring (bicyclic) bond motifs is 1. The second-order valence-electron chi connectivity index (χ2n) is 5.32. The number of rotatable bonds is 3. The van der Waals surface area contributed by atoms with E-state index in [-0.39, 0.29) is 0 Å². The summed E-state index contributed by atoms with van der Waals surface area (Å²) >= 11 is 0. The smallest absolute Gasteiger partial charge is 0.132 e. The van der Waals surface area contributed by atoms with Crippen molar-refractivity contribution in [1.82, 2.24) is 15.3 Å². The number of nitrogens with one attached hydrogen (secondary N) is 2. The fourth-order valence-corrected chi connectivity index (χ4v) is 3.12. The molecule has 19 heavy (non-hydrogen) atoms. The lowest BCUT2D eigenvalue weighted by molar-refractivity contribution is -0.121. The van der Waals surface area contributed by atoms with Crippen LogP contribution in [0.4, 0.5) is 0 Å². The van der Waals surface area contributed by atoms with Gasteiger partial charge in [-0.2, -0.15) is 0 Å². The van der Waals surface area contributed by atoms with E-state index in [1.807, 2.05) is 7.05 Å². The number of imidazole rings is 1. The Morgan fingerprint density at radius 3 is 2.89 bits per heavy atom. The first-order valence-corrected chi connectivity index (χ1v) is 6.90. The van der Waals surface area contributed by atoms with Crippen LogP contribution >= 0.6 is 0 Å². The lowest BCUT2D eigenvalue weighted by Gasteiger charge is -2.30. The molecular weight excluding hydrogens is 238 g/mol. The topological polar surface area (TPSA) is 57.8 Å². The van der Waals surface area contributed by atoms with Crippen LogP contribution in [0.2, 0.25) is 0 Å². The molecule has 0 saturated heterocycles. The Labute approximate surface area is 112 Å². The number of carbonyl (C=O) groups excluding carboxylic acids is 1. The number of nitrogens with zero attached hydrogens (tertiary/aromatic N) is 1. The lowest BCUT2D eigenvalue weighted by atomic mass is 9.80. The molecule has 3 rings (SSSR count). The average molecular weight is 257 g/mol. The standard InChI is InChI=1S/C15H19N3O/c1-16-15(10-2-5-12(19)6-3-10)11-4-7-13-14(8-11)18-9-17-13/h4,7-10,15-16H,2-3,5-6H2,1H3,(H,17,18). The van der Waals surface area contributed by atoms with Crippen LogP contribution in [0.3, 0.4) is 0 Å². The van der Waals surface area contributed by atoms with Crippen molar-refractivity contribution in [1.29, 1.82) is 0 Å². The minimum atomic E-state index is 0.320. The third-order valence-electron chi connectivity index (χ3n) is 4.17. The van der Waals surface area contributed by atoms with Crippen LogP contribution in [0.5, 0.6) is 0 Å². The third-order valence-corrected chi connectivity index (χ3v) is 4.17. The number of benzene rings is 1. The molecule has 1 fully saturated rings. The molecule has 0 spiro atoms. The highest BCUT2D eigenvalue weighted by Crippen LogP contribution is 2.33. The van der Waals surface area contributed by atoms with E-state index in [9.17, 15) is 4.79 Å². The quantitative estimate of drug-likeness (QED) is 0.888. The maximum absolute atomic E-state index is 11.4. The number of carbonyl (C=O) groups is 1. The molecule has 0 amide bonds. The third kappa shape index (κ3) is 2.40. The zero-order valence-corrected chi connectivity index (χ0v) is 11.1. The zero-order valence-electron chi connectivity index (χ0n) is 11.1. The van der Waals surface area contributed by atoms with E-state index in [2.05, 4.69) is 33.5 Å². The van der Waals surface area contributed by atoms with Gasteiger partial charge in [0.1, 0.15) is 5.78 Å². The van der Waals surface area contributed by atoms with E-state index >= 15 is 0 Å². The number of Topliss-reactive ketones (excluding diaryl/α,β-unsaturated/α-hetero) is 1. The second-order valence-corrected chi connectivity index (χ2v) is 5.32. The van der Waals surface area contributed by atoms with Crippen molar-refractivity contribution in [2.24, 2.45) is 5.92 Å². The van der Waals surface area contributed by atoms with Crippen LogP contribution in [-0.4, -0.2) is 22.8 Å². The molecule has 0 aliphatic heterocycles. The fraction of sp³-hybridized carbons (Fsp3) is 0.467. The van der Waals surface area contributed by atoms with Gasteiger partial charge in [-0.05, 0) is 43.5 Å². The molecule has 4 nitrogen and oxygen atoms in total. The molecule has 1 saturated carbocycles. The van der Waals surface area contributed by atoms with Gasteiger partial charge >= 0.3 is 0 Å². The van der Waals surface area contributed by atoms with E-state index in [4.69, 9.17) is 0 Å². The first-order valence-electron chi connectivity index (χ1n) is 6.90. The van der Waals surface area contributed by atoms with Crippen molar-refractivity contribution in [2.75, 3.05) is 7.05 Å². The van der Waals surface area contributed by atoms with Crippen LogP contribution in [0.1, 0.15) is 37.3 Å². The number of H-pyrrole nitrogens is 1. The summed E-state index contributed by atoms with van der Waals surface area (Å²) < 4.78 is 0. The molecular formula is C15H19N3O. The fourth-order valence-electron chi connectivity index (χ4n) is 3.12. The van der Waals surface area contributed by atoms with Gasteiger partial charge in [0, 0.05) is 18.9 Å². The molecule has 1 unspecified atom stereocenters. The monoisotopic (exact) mass is 257 g/mol. The highest BCUT2D eigenvalue weighted by Gasteiger charge is 2.26. The molecule has 2 aromatic rings. The predicted molar refractivity (Wildman–Crippen MR) is 74.9 cm³/mol. The molecule has 2 N–H and O–H groups in total. The highest BCUT2D eigenvalue weighted by molar-refractivity contribution is 5.79. The summed E-state index contributed by atoms with van der Waals surface area (Å²) in [6.07, 6.45) is 5.17. The largest absolute Gasteiger partial charge is 0.345 e. The summed E-state index contributed by atoms with van der Waals surface area (Å²) in [7, 11) is 2.00. The van der Waals surface area contributed by atoms with Gasteiger partial charge in [-0.15, -0.1) is 0 Å². The summed E-state index contributed by atoms with van der Waals surface area (Å²) in [5.74, 6) is 0.957. The van der Waals surface area contributed by atoms with E-state index in [1.165, 1.54) is 5.56 Å². The predicted octanol–water partition coefficient (Wildman–Crippen LogP) is 2.58. The Bertz CT molecular complexity index is 580. The van der Waals surface area contributed by atoms with Crippen molar-refractivity contribution < 1.29 is 4.79 Å². The Balaban J connectivity index is 1.86. The van der Waals surface area contributed by atoms with Crippen molar-refractivity contribution in [3.8, 4) is 0 Å². The number of hydrogen-bond donors (Lipinski definition) is 2. The van der Waals surface area contributed by atoms with Crippen LogP contribution in [-0.2, 0) is 4.79 Å². The Hall–Kier alpha value is -1.68. The van der Waals surface area contributed by atoms with Crippen LogP contribution in [0.15, 0.2) is 24.5 Å². The van der Waals surface area contributed by atoms with E-state index in [1.54, 1.807) is 6.33 Å². The van der Waals surface area contributed by atoms with Crippen molar-refractivity contribution in [2.45, 2.75) is 31.7 Å². The zero-order chi connectivity index (χ0) is 13.2. The van der Waals surface area contributed by atoms with Gasteiger partial charge < -0.3 is 10.3 Å². The minimum absolute atomic E-state index is 0.320. The van der Waals surface area contributed by atoms with Gasteiger partial charge in [-0.1, -0.05) is 6.07 Å². The molecule has 1 heterocycles. The van der Waals surface area contributed by atoms with E-state index < -0.39 is 0 Å². The van der Waals surface area contributed by atoms with Crippen molar-refractivity contribution >= 4 is 16.8 Å². The van der Waals surface area contributed by atoms with Gasteiger partial charge in [-0.3, -0.25) is 4.79 Å². The summed E-state index contributed by atoms with van der Waals surface area (Å²) in [6, 6.07) is 6.68. The molecule has 1 aliphatic carbocycles. The van der Waals surface area contributed by atoms with Gasteiger partial charge in [0.15, 0.2) is 0 Å². The first-order chi connectivity index (χ1) is 9.28. The average Bonchev–Trinajstić information content (AvgIpc) is 2.89. The van der Waals surface area contributed by atoms with E-state index in [0.717, 1.165) is 36.7 Å². The first kappa shape index (κ1) is 12.4. The second kappa shape index (κ2) is 5.13. The molecule has 1 atom stereocenters. The Morgan fingerprint density at radius 2 is 2.16 bits per heavy atom. The minimum Gasteiger partial charge on any atom is -0.345 e. The lowest BCUT2D eigenvalue weighted by Crippen LogP contribution is -2.28. The van der Waals surface area contributed by atoms with Gasteiger partial charge in [0.25, 0.3) is 0 Å². The summed E-state index contributed by atoms with van der Waals surface area (Å²) in [5, 5.41) is 3.41. The van der Waals surface area contributed by atoms with Gasteiger partial charge in [-0.25, -0.2) is 4.98 Å². The molecule has 100 valence electrons. The molecule has 0 radical (unpaired) electrons. The van der Waals surface area contributed by atoms with Gasteiger partial charge in [0.2, 0.25) is 0 Å². The van der Waals surface area contributed by atoms with Gasteiger partial charge in [0.05, 0.1) is 17.4 Å². The number of aromatic nitrogens is 2. The van der Waals surface area contributed by atoms with Crippen LogP contribution < -0.4 is 5.32 Å². The Kier molecular flexibility index (Phi) is 3.34. The molecule has 1 aromatic carbocycles. The maximum atomic E-state index is 11.4. The Morgan fingerprint density at radius 1 is 1.37 bits per heavy atom.